The van der Waals surface area contributed by atoms with E-state index in [1.165, 1.54) is 16.7 Å². The van der Waals surface area contributed by atoms with E-state index in [0.29, 0.717) is 27.5 Å². The van der Waals surface area contributed by atoms with Gasteiger partial charge in [-0.25, -0.2) is 15.0 Å². The molecule has 0 fully saturated rings. The molecule has 12 aromatic rings. The fourth-order valence-electron chi connectivity index (χ4n) is 12.0. The molecule has 0 aliphatic heterocycles. The molecule has 5 nitrogen and oxygen atoms in total. The van der Waals surface area contributed by atoms with Gasteiger partial charge in [0.25, 0.3) is 0 Å². The van der Waals surface area contributed by atoms with Crippen molar-refractivity contribution < 1.29 is 0 Å². The number of nitrogens with zero attached hydrogens (tertiary/aromatic N) is 5. The van der Waals surface area contributed by atoms with E-state index in [9.17, 15) is 0 Å². The Morgan fingerprint density at radius 3 is 0.870 bits per heavy atom. The standard InChI is InChI=1S/C85H79Cl2N5/c1-82(2,3)63-44-61(45-64(48-63)83(4,5)6)62-46-71(91(69-42-28-40-67(86)53-69)77-73(56-30-18-13-19-31-56)49-65(84(7,8)9)50-74(77)57-32-20-14-21-33-57)55-72(47-62)92(70-43-29-41-68(87)54-70)78-75(58-34-22-15-23-35-58)51-66(85(10,11)12)52-76(78)81-89-79(59-36-24-16-25-37-59)88-80(90-81)60-38-26-17-27-39-60/h13-55H,1-12H3. The van der Waals surface area contributed by atoms with Gasteiger partial charge in [-0.05, 0) is 151 Å². The summed E-state index contributed by atoms with van der Waals surface area (Å²) in [6, 6.07) is 93.0. The molecule has 0 amide bonds. The maximum absolute atomic E-state index is 7.36. The van der Waals surface area contributed by atoms with Crippen LogP contribution in [0.15, 0.2) is 261 Å². The average Bonchev–Trinajstić information content (AvgIpc) is 0.748. The summed E-state index contributed by atoms with van der Waals surface area (Å²) < 4.78 is 0. The predicted octanol–water partition coefficient (Wildman–Crippen LogP) is 25.0. The Bertz CT molecular complexity index is 4460. The average molecular weight is 1240 g/mol. The van der Waals surface area contributed by atoms with Gasteiger partial charge in [0.2, 0.25) is 0 Å². The molecule has 11 aromatic carbocycles. The van der Waals surface area contributed by atoms with Gasteiger partial charge < -0.3 is 9.80 Å². The molecule has 1 aromatic heterocycles. The van der Waals surface area contributed by atoms with E-state index >= 15 is 0 Å². The van der Waals surface area contributed by atoms with Crippen molar-refractivity contribution in [3.63, 3.8) is 0 Å². The SMILES string of the molecule is CC(C)(C)c1cc(-c2cc(N(c3cccc(Cl)c3)c3c(-c4ccccc4)cc(C(C)(C)C)cc3-c3ccccc3)cc(N(c3cccc(Cl)c3)c3c(-c4ccccc4)cc(C(C)(C)C)cc3-c3nc(-c4ccccc4)nc(-c4ccccc4)n3)c2)cc(C(C)(C)C)c1. The maximum atomic E-state index is 7.36. The van der Waals surface area contributed by atoms with Crippen molar-refractivity contribution in [1.82, 2.24) is 15.0 Å². The van der Waals surface area contributed by atoms with Gasteiger partial charge in [-0.3, -0.25) is 0 Å². The molecule has 7 heteroatoms. The summed E-state index contributed by atoms with van der Waals surface area (Å²) >= 11 is 14.7. The first-order valence-electron chi connectivity index (χ1n) is 31.8. The Kier molecular flexibility index (Phi) is 17.3. The monoisotopic (exact) mass is 1240 g/mol. The smallest absolute Gasteiger partial charge is 0.166 e. The van der Waals surface area contributed by atoms with Crippen LogP contribution in [0.3, 0.4) is 0 Å². The van der Waals surface area contributed by atoms with Gasteiger partial charge in [0, 0.05) is 66.2 Å². The van der Waals surface area contributed by atoms with Crippen molar-refractivity contribution in [3.8, 4) is 78.7 Å². The Labute approximate surface area is 555 Å². The lowest BCUT2D eigenvalue weighted by Crippen LogP contribution is -2.19. The molecule has 92 heavy (non-hydrogen) atoms. The van der Waals surface area contributed by atoms with Gasteiger partial charge in [0.1, 0.15) is 0 Å². The highest BCUT2D eigenvalue weighted by Gasteiger charge is 2.32. The largest absolute Gasteiger partial charge is 0.309 e. The van der Waals surface area contributed by atoms with Crippen LogP contribution in [0.1, 0.15) is 105 Å². The topological polar surface area (TPSA) is 45.2 Å². The van der Waals surface area contributed by atoms with Crippen LogP contribution in [0, 0.1) is 0 Å². The summed E-state index contributed by atoms with van der Waals surface area (Å²) in [5.74, 6) is 1.65. The van der Waals surface area contributed by atoms with Gasteiger partial charge >= 0.3 is 0 Å². The van der Waals surface area contributed by atoms with Gasteiger partial charge in [-0.2, -0.15) is 0 Å². The first kappa shape index (κ1) is 62.8. The fourth-order valence-corrected chi connectivity index (χ4v) is 12.3. The number of anilines is 6. The van der Waals surface area contributed by atoms with Gasteiger partial charge in [0.15, 0.2) is 17.5 Å². The third-order valence-corrected chi connectivity index (χ3v) is 17.6. The normalized spacial score (nSPS) is 12.0. The van der Waals surface area contributed by atoms with Crippen LogP contribution in [-0.4, -0.2) is 15.0 Å². The van der Waals surface area contributed by atoms with E-state index in [1.54, 1.807) is 0 Å². The Hall–Kier alpha value is -9.39. The Morgan fingerprint density at radius 2 is 0.533 bits per heavy atom. The zero-order valence-corrected chi connectivity index (χ0v) is 56.3. The van der Waals surface area contributed by atoms with Crippen molar-refractivity contribution in [2.45, 2.75) is 105 Å². The fraction of sp³-hybridized carbons (Fsp3) is 0.188. The molecule has 0 N–H and O–H groups in total. The van der Waals surface area contributed by atoms with E-state index in [2.05, 4.69) is 299 Å². The third kappa shape index (κ3) is 13.5. The van der Waals surface area contributed by atoms with E-state index in [0.717, 1.165) is 101 Å². The molecule has 0 aliphatic rings. The molecule has 0 spiro atoms. The van der Waals surface area contributed by atoms with Gasteiger partial charge in [-0.1, -0.05) is 288 Å². The quantitative estimate of drug-likeness (QED) is 0.115. The van der Waals surface area contributed by atoms with E-state index in [4.69, 9.17) is 38.2 Å². The first-order valence-corrected chi connectivity index (χ1v) is 32.5. The zero-order valence-electron chi connectivity index (χ0n) is 54.8. The van der Waals surface area contributed by atoms with Gasteiger partial charge in [-0.15, -0.1) is 0 Å². The highest BCUT2D eigenvalue weighted by molar-refractivity contribution is 6.31. The second kappa shape index (κ2) is 25.4. The van der Waals surface area contributed by atoms with Gasteiger partial charge in [0.05, 0.1) is 11.4 Å². The van der Waals surface area contributed by atoms with E-state index < -0.39 is 0 Å². The van der Waals surface area contributed by atoms with Crippen molar-refractivity contribution in [3.05, 3.63) is 293 Å². The predicted molar refractivity (Wildman–Crippen MR) is 392 cm³/mol. The number of rotatable bonds is 13. The summed E-state index contributed by atoms with van der Waals surface area (Å²) in [5.41, 5.74) is 20.2. The highest BCUT2D eigenvalue weighted by Crippen LogP contribution is 2.54. The van der Waals surface area contributed by atoms with Crippen LogP contribution in [-0.2, 0) is 21.7 Å². The van der Waals surface area contributed by atoms with Crippen LogP contribution >= 0.6 is 23.2 Å². The summed E-state index contributed by atoms with van der Waals surface area (Å²) in [6.45, 7) is 27.5. The van der Waals surface area contributed by atoms with Crippen LogP contribution < -0.4 is 9.80 Å². The Morgan fingerprint density at radius 1 is 0.239 bits per heavy atom. The molecule has 12 rings (SSSR count). The number of hydrogen-bond donors (Lipinski definition) is 0. The molecule has 1 heterocycles. The van der Waals surface area contributed by atoms with Crippen molar-refractivity contribution in [2.24, 2.45) is 0 Å². The molecule has 458 valence electrons. The first-order chi connectivity index (χ1) is 43.9. The molecule has 0 bridgehead atoms. The molecule has 0 unspecified atom stereocenters. The lowest BCUT2D eigenvalue weighted by molar-refractivity contribution is 0.569. The maximum Gasteiger partial charge on any atom is 0.166 e. The minimum Gasteiger partial charge on any atom is -0.309 e. The number of aromatic nitrogens is 3. The molecular weight excluding hydrogens is 1160 g/mol. The summed E-state index contributed by atoms with van der Waals surface area (Å²) in [6.07, 6.45) is 0. The molecule has 0 radical (unpaired) electrons. The molecule has 0 aliphatic carbocycles. The second-order valence-electron chi connectivity index (χ2n) is 28.1. The van der Waals surface area contributed by atoms with E-state index in [-0.39, 0.29) is 21.7 Å². The van der Waals surface area contributed by atoms with Crippen LogP contribution in [0.4, 0.5) is 34.1 Å². The van der Waals surface area contributed by atoms with Crippen LogP contribution in [0.2, 0.25) is 10.0 Å². The number of hydrogen-bond acceptors (Lipinski definition) is 5. The zero-order chi connectivity index (χ0) is 64.7. The molecule has 0 atom stereocenters. The lowest BCUT2D eigenvalue weighted by atomic mass is 9.79. The van der Waals surface area contributed by atoms with Crippen LogP contribution in [0.5, 0.6) is 0 Å². The summed E-state index contributed by atoms with van der Waals surface area (Å²) in [7, 11) is 0. The van der Waals surface area contributed by atoms with Crippen LogP contribution in [0.25, 0.3) is 78.7 Å². The summed E-state index contributed by atoms with van der Waals surface area (Å²) in [4.78, 5) is 21.2. The number of benzene rings is 11. The molecular formula is C85H79Cl2N5. The van der Waals surface area contributed by atoms with Crippen molar-refractivity contribution in [2.75, 3.05) is 9.80 Å². The minimum atomic E-state index is -0.321. The second-order valence-corrected chi connectivity index (χ2v) is 29.0. The molecule has 0 saturated heterocycles. The van der Waals surface area contributed by atoms with E-state index in [1.807, 2.05) is 54.6 Å². The third-order valence-electron chi connectivity index (χ3n) is 17.1. The minimum absolute atomic E-state index is 0.184. The van der Waals surface area contributed by atoms with Crippen molar-refractivity contribution >= 4 is 57.3 Å². The van der Waals surface area contributed by atoms with Crippen molar-refractivity contribution in [1.29, 1.82) is 0 Å². The lowest BCUT2D eigenvalue weighted by Gasteiger charge is -2.35. The highest BCUT2D eigenvalue weighted by atomic mass is 35.5. The summed E-state index contributed by atoms with van der Waals surface area (Å²) in [5, 5.41) is 1.20. The Balaban J connectivity index is 1.29. The number of halogens is 2. The molecule has 0 saturated carbocycles.